The fourth-order valence-corrected chi connectivity index (χ4v) is 4.25. The largest absolute Gasteiger partial charge is 0.506 e. The van der Waals surface area contributed by atoms with Crippen molar-refractivity contribution < 1.29 is 33.6 Å². The van der Waals surface area contributed by atoms with Gasteiger partial charge in [0.1, 0.15) is 28.3 Å². The molecule has 0 aliphatic rings. The second-order valence-corrected chi connectivity index (χ2v) is 8.17. The maximum atomic E-state index is 14.0. The molecule has 3 aromatic carbocycles. The first-order valence-corrected chi connectivity index (χ1v) is 11.5. The molecule has 10 heteroatoms. The molecule has 0 aliphatic heterocycles. The highest BCUT2D eigenvalue weighted by Gasteiger charge is 2.30. The number of rotatable bonds is 8. The Balaban J connectivity index is 2.07. The normalized spacial score (nSPS) is 10.7. The number of anilines is 1. The van der Waals surface area contributed by atoms with E-state index in [4.69, 9.17) is 23.7 Å². The fraction of sp³-hybridized carbons (Fsp3) is 0.214. The number of carbonyl (C=O) groups is 1. The summed E-state index contributed by atoms with van der Waals surface area (Å²) in [5, 5.41) is 11.5. The molecule has 1 heterocycles. The highest BCUT2D eigenvalue weighted by Crippen LogP contribution is 2.46. The first-order chi connectivity index (χ1) is 18.3. The number of hydrogen-bond donors (Lipinski definition) is 1. The Morgan fingerprint density at radius 2 is 1.34 bits per heavy atom. The quantitative estimate of drug-likeness (QED) is 0.371. The van der Waals surface area contributed by atoms with Crippen LogP contribution in [0.5, 0.6) is 34.5 Å². The van der Waals surface area contributed by atoms with Crippen LogP contribution in [0.15, 0.2) is 59.4 Å². The monoisotopic (exact) mass is 520 g/mol. The maximum Gasteiger partial charge on any atom is 0.272 e. The Hall–Kier alpha value is -4.86. The predicted octanol–water partition coefficient (Wildman–Crippen LogP) is 4.02. The molecule has 38 heavy (non-hydrogen) atoms. The van der Waals surface area contributed by atoms with Gasteiger partial charge in [-0.1, -0.05) is 0 Å². The van der Waals surface area contributed by atoms with E-state index in [9.17, 15) is 14.7 Å². The molecule has 0 atom stereocenters. The SMILES string of the molecule is COc1ccc(N(C)C(=O)c2c(O)c3cc(OC)c(OC)c(OC)c3n(-c3ccc(OC)cc3)c2=O)cc1. The molecule has 0 saturated heterocycles. The molecule has 1 N–H and O–H groups in total. The van der Waals surface area contributed by atoms with Crippen LogP contribution in [0.2, 0.25) is 0 Å². The van der Waals surface area contributed by atoms with Gasteiger partial charge in [0.05, 0.1) is 35.5 Å². The lowest BCUT2D eigenvalue weighted by molar-refractivity contribution is 0.0989. The Morgan fingerprint density at radius 1 is 0.789 bits per heavy atom. The van der Waals surface area contributed by atoms with Crippen LogP contribution in [0.3, 0.4) is 0 Å². The first kappa shape index (κ1) is 26.2. The number of hydrogen-bond acceptors (Lipinski definition) is 8. The van der Waals surface area contributed by atoms with Gasteiger partial charge in [0, 0.05) is 23.8 Å². The molecule has 4 aromatic rings. The number of methoxy groups -OCH3 is 5. The van der Waals surface area contributed by atoms with Gasteiger partial charge in [-0.05, 0) is 54.6 Å². The molecular formula is C28H28N2O8. The number of carbonyl (C=O) groups excluding carboxylic acids is 1. The minimum atomic E-state index is -0.754. The van der Waals surface area contributed by atoms with Crippen LogP contribution in [-0.2, 0) is 0 Å². The number of pyridine rings is 1. The third kappa shape index (κ3) is 4.30. The van der Waals surface area contributed by atoms with Crippen molar-refractivity contribution in [2.24, 2.45) is 0 Å². The molecule has 4 rings (SSSR count). The van der Waals surface area contributed by atoms with Gasteiger partial charge in [0.25, 0.3) is 11.5 Å². The second-order valence-electron chi connectivity index (χ2n) is 8.17. The molecule has 0 bridgehead atoms. The number of aromatic hydroxyl groups is 1. The highest BCUT2D eigenvalue weighted by molar-refractivity contribution is 6.11. The molecule has 0 spiro atoms. The van der Waals surface area contributed by atoms with Crippen molar-refractivity contribution in [3.05, 3.63) is 70.5 Å². The number of fused-ring (bicyclic) bond motifs is 1. The van der Waals surface area contributed by atoms with Gasteiger partial charge in [0.15, 0.2) is 11.5 Å². The van der Waals surface area contributed by atoms with Crippen LogP contribution >= 0.6 is 0 Å². The number of benzene rings is 3. The molecule has 0 radical (unpaired) electrons. The average Bonchev–Trinajstić information content (AvgIpc) is 2.96. The third-order valence-corrected chi connectivity index (χ3v) is 6.25. The zero-order valence-corrected chi connectivity index (χ0v) is 21.9. The Labute approximate surface area is 219 Å². The predicted molar refractivity (Wildman–Crippen MR) is 143 cm³/mol. The van der Waals surface area contributed by atoms with Crippen molar-refractivity contribution in [1.82, 2.24) is 4.57 Å². The van der Waals surface area contributed by atoms with Crippen LogP contribution < -0.4 is 34.1 Å². The lowest BCUT2D eigenvalue weighted by atomic mass is 10.1. The van der Waals surface area contributed by atoms with E-state index in [1.807, 2.05) is 0 Å². The van der Waals surface area contributed by atoms with Crippen LogP contribution in [0, 0.1) is 0 Å². The van der Waals surface area contributed by atoms with Gasteiger partial charge in [-0.15, -0.1) is 0 Å². The number of amides is 1. The van der Waals surface area contributed by atoms with E-state index >= 15 is 0 Å². The van der Waals surface area contributed by atoms with Crippen LogP contribution in [0.25, 0.3) is 16.6 Å². The summed E-state index contributed by atoms with van der Waals surface area (Å²) in [7, 11) is 8.86. The second kappa shape index (κ2) is 10.6. The van der Waals surface area contributed by atoms with Crippen molar-refractivity contribution in [3.63, 3.8) is 0 Å². The lowest BCUT2D eigenvalue weighted by Gasteiger charge is -2.22. The molecule has 0 aliphatic carbocycles. The Bertz CT molecular complexity index is 1540. The Morgan fingerprint density at radius 3 is 1.84 bits per heavy atom. The van der Waals surface area contributed by atoms with Crippen LogP contribution in [-0.4, -0.2) is 58.2 Å². The molecule has 0 unspecified atom stereocenters. The van der Waals surface area contributed by atoms with Crippen molar-refractivity contribution in [3.8, 4) is 40.2 Å². The zero-order valence-electron chi connectivity index (χ0n) is 21.9. The summed E-state index contributed by atoms with van der Waals surface area (Å²) >= 11 is 0. The van der Waals surface area contributed by atoms with E-state index in [1.54, 1.807) is 48.5 Å². The average molecular weight is 521 g/mol. The molecular weight excluding hydrogens is 492 g/mol. The van der Waals surface area contributed by atoms with E-state index in [2.05, 4.69) is 0 Å². The smallest absolute Gasteiger partial charge is 0.272 e. The van der Waals surface area contributed by atoms with E-state index in [0.29, 0.717) is 22.9 Å². The van der Waals surface area contributed by atoms with E-state index in [1.165, 1.54) is 58.1 Å². The number of nitrogens with zero attached hydrogens (tertiary/aromatic N) is 2. The standard InChI is InChI=1S/C28H28N2O8/c1-29(16-7-11-18(34-2)12-8-16)27(32)22-24(31)20-15-21(36-4)25(37-5)26(38-6)23(20)30(28(22)33)17-9-13-19(35-3)14-10-17/h7-15,31H,1-6H3. The van der Waals surface area contributed by atoms with Gasteiger partial charge in [-0.3, -0.25) is 14.2 Å². The topological polar surface area (TPSA) is 109 Å². The van der Waals surface area contributed by atoms with Gasteiger partial charge in [-0.2, -0.15) is 0 Å². The minimum absolute atomic E-state index is 0.146. The molecule has 1 amide bonds. The van der Waals surface area contributed by atoms with Gasteiger partial charge < -0.3 is 33.7 Å². The lowest BCUT2D eigenvalue weighted by Crippen LogP contribution is -2.34. The van der Waals surface area contributed by atoms with Crippen LogP contribution in [0.1, 0.15) is 10.4 Å². The number of ether oxygens (including phenoxy) is 5. The highest BCUT2D eigenvalue weighted by atomic mass is 16.5. The summed E-state index contributed by atoms with van der Waals surface area (Å²) in [5.41, 5.74) is -0.0820. The van der Waals surface area contributed by atoms with E-state index in [0.717, 1.165) is 0 Å². The molecule has 198 valence electrons. The summed E-state index contributed by atoms with van der Waals surface area (Å²) in [6, 6.07) is 14.9. The molecule has 1 aromatic heterocycles. The minimum Gasteiger partial charge on any atom is -0.506 e. The third-order valence-electron chi connectivity index (χ3n) is 6.25. The first-order valence-electron chi connectivity index (χ1n) is 11.5. The summed E-state index contributed by atoms with van der Waals surface area (Å²) in [4.78, 5) is 29.0. The van der Waals surface area contributed by atoms with Crippen molar-refractivity contribution in [2.45, 2.75) is 0 Å². The van der Waals surface area contributed by atoms with Crippen molar-refractivity contribution in [2.75, 3.05) is 47.5 Å². The van der Waals surface area contributed by atoms with Gasteiger partial charge >= 0.3 is 0 Å². The zero-order chi connectivity index (χ0) is 27.6. The van der Waals surface area contributed by atoms with Crippen molar-refractivity contribution in [1.29, 1.82) is 0 Å². The summed E-state index contributed by atoms with van der Waals surface area (Å²) in [5.74, 6) is 0.569. The van der Waals surface area contributed by atoms with E-state index < -0.39 is 22.8 Å². The number of aromatic nitrogens is 1. The fourth-order valence-electron chi connectivity index (χ4n) is 4.25. The molecule has 10 nitrogen and oxygen atoms in total. The van der Waals surface area contributed by atoms with E-state index in [-0.39, 0.29) is 28.2 Å². The maximum absolute atomic E-state index is 14.0. The molecule has 0 saturated carbocycles. The molecule has 0 fully saturated rings. The Kier molecular flexibility index (Phi) is 7.33. The van der Waals surface area contributed by atoms with Gasteiger partial charge in [0.2, 0.25) is 5.75 Å². The van der Waals surface area contributed by atoms with Gasteiger partial charge in [-0.25, -0.2) is 0 Å². The van der Waals surface area contributed by atoms with Crippen molar-refractivity contribution >= 4 is 22.5 Å². The summed E-state index contributed by atoms with van der Waals surface area (Å²) in [6.45, 7) is 0. The van der Waals surface area contributed by atoms with Crippen LogP contribution in [0.4, 0.5) is 5.69 Å². The summed E-state index contributed by atoms with van der Waals surface area (Å²) < 4.78 is 28.3. The summed E-state index contributed by atoms with van der Waals surface area (Å²) in [6.07, 6.45) is 0.